The van der Waals surface area contributed by atoms with Crippen molar-refractivity contribution in [2.45, 2.75) is 26.0 Å². The van der Waals surface area contributed by atoms with Crippen LogP contribution in [-0.2, 0) is 12.1 Å². The molecule has 1 N–H and O–H groups in total. The number of rotatable bonds is 3. The summed E-state index contributed by atoms with van der Waals surface area (Å²) < 4.78 is 1.65. The Labute approximate surface area is 105 Å². The van der Waals surface area contributed by atoms with Crippen LogP contribution in [0.1, 0.15) is 30.7 Å². The van der Waals surface area contributed by atoms with Gasteiger partial charge < -0.3 is 5.11 Å². The van der Waals surface area contributed by atoms with Crippen molar-refractivity contribution >= 4 is 0 Å². The Kier molecular flexibility index (Phi) is 3.13. The molecule has 18 heavy (non-hydrogen) atoms. The van der Waals surface area contributed by atoms with E-state index in [1.807, 2.05) is 6.92 Å². The molecule has 1 aromatic carbocycles. The molecule has 2 aromatic rings. The average Bonchev–Trinajstić information content (AvgIpc) is 2.88. The third kappa shape index (κ3) is 1.98. The van der Waals surface area contributed by atoms with Gasteiger partial charge in [0.25, 0.3) is 0 Å². The fraction of sp³-hybridized carbons (Fsp3) is 0.308. The molecule has 1 atom stereocenters. The first-order chi connectivity index (χ1) is 8.59. The lowest BCUT2D eigenvalue weighted by molar-refractivity contribution is 0.0917. The van der Waals surface area contributed by atoms with E-state index in [-0.39, 0.29) is 0 Å². The Morgan fingerprint density at radius 1 is 1.39 bits per heavy atom. The van der Waals surface area contributed by atoms with Gasteiger partial charge in [-0.15, -0.1) is 5.10 Å². The number of hydrogen-bond acceptors (Lipinski definition) is 4. The molecule has 0 amide bonds. The fourth-order valence-corrected chi connectivity index (χ4v) is 1.89. The number of nitriles is 1. The van der Waals surface area contributed by atoms with Crippen molar-refractivity contribution in [2.75, 3.05) is 0 Å². The minimum Gasteiger partial charge on any atom is -0.379 e. The van der Waals surface area contributed by atoms with Gasteiger partial charge in [-0.2, -0.15) is 5.26 Å². The van der Waals surface area contributed by atoms with Crippen LogP contribution >= 0.6 is 0 Å². The molecule has 0 saturated heterocycles. The zero-order valence-corrected chi connectivity index (χ0v) is 10.3. The van der Waals surface area contributed by atoms with Crippen molar-refractivity contribution in [3.63, 3.8) is 0 Å². The van der Waals surface area contributed by atoms with Crippen LogP contribution < -0.4 is 0 Å². The maximum Gasteiger partial charge on any atom is 0.130 e. The van der Waals surface area contributed by atoms with Crippen LogP contribution in [0.2, 0.25) is 0 Å². The summed E-state index contributed by atoms with van der Waals surface area (Å²) in [4.78, 5) is 0. The lowest BCUT2D eigenvalue weighted by Crippen LogP contribution is -2.26. The molecule has 0 bridgehead atoms. The molecule has 0 aliphatic heterocycles. The van der Waals surface area contributed by atoms with E-state index in [1.165, 1.54) is 0 Å². The standard InChI is InChI=1S/C13H14N4O/c1-3-17-12(9-15-16-17)13(2,18)11-6-4-10(8-14)5-7-11/h4-7,9,18H,3H2,1-2H3. The Bertz CT molecular complexity index is 578. The Hall–Kier alpha value is -2.19. The van der Waals surface area contributed by atoms with E-state index in [2.05, 4.69) is 16.4 Å². The van der Waals surface area contributed by atoms with Gasteiger partial charge in [0.2, 0.25) is 0 Å². The third-order valence-electron chi connectivity index (χ3n) is 2.99. The van der Waals surface area contributed by atoms with Gasteiger partial charge in [-0.25, -0.2) is 4.68 Å². The largest absolute Gasteiger partial charge is 0.379 e. The minimum atomic E-state index is -1.17. The van der Waals surface area contributed by atoms with Crippen LogP contribution in [0.15, 0.2) is 30.5 Å². The molecular weight excluding hydrogens is 228 g/mol. The number of nitrogens with zero attached hydrogens (tertiary/aromatic N) is 4. The molecule has 0 saturated carbocycles. The highest BCUT2D eigenvalue weighted by Gasteiger charge is 2.29. The molecule has 92 valence electrons. The van der Waals surface area contributed by atoms with Crippen molar-refractivity contribution in [3.8, 4) is 6.07 Å². The number of aromatic nitrogens is 3. The van der Waals surface area contributed by atoms with Gasteiger partial charge in [0.1, 0.15) is 5.60 Å². The summed E-state index contributed by atoms with van der Waals surface area (Å²) in [7, 11) is 0. The van der Waals surface area contributed by atoms with Crippen molar-refractivity contribution in [1.29, 1.82) is 5.26 Å². The molecule has 5 heteroatoms. The van der Waals surface area contributed by atoms with Crippen LogP contribution in [0, 0.1) is 11.3 Å². The monoisotopic (exact) mass is 242 g/mol. The zero-order chi connectivity index (χ0) is 13.2. The lowest BCUT2D eigenvalue weighted by Gasteiger charge is -2.24. The highest BCUT2D eigenvalue weighted by atomic mass is 16.3. The van der Waals surface area contributed by atoms with Gasteiger partial charge in [-0.3, -0.25) is 0 Å². The summed E-state index contributed by atoms with van der Waals surface area (Å²) in [6.45, 7) is 4.27. The summed E-state index contributed by atoms with van der Waals surface area (Å²) in [5.41, 5.74) is 0.734. The third-order valence-corrected chi connectivity index (χ3v) is 2.99. The second-order valence-corrected chi connectivity index (χ2v) is 4.20. The van der Waals surface area contributed by atoms with Crippen LogP contribution in [0.3, 0.4) is 0 Å². The van der Waals surface area contributed by atoms with Crippen LogP contribution in [0.25, 0.3) is 0 Å². The van der Waals surface area contributed by atoms with Crippen molar-refractivity contribution in [2.24, 2.45) is 0 Å². The van der Waals surface area contributed by atoms with Crippen LogP contribution in [0.5, 0.6) is 0 Å². The molecule has 0 radical (unpaired) electrons. The van der Waals surface area contributed by atoms with Crippen molar-refractivity contribution in [1.82, 2.24) is 15.0 Å². The number of aryl methyl sites for hydroxylation is 1. The molecular formula is C13H14N4O. The molecule has 2 rings (SSSR count). The second-order valence-electron chi connectivity index (χ2n) is 4.20. The van der Waals surface area contributed by atoms with Crippen LogP contribution in [0.4, 0.5) is 0 Å². The molecule has 1 heterocycles. The van der Waals surface area contributed by atoms with Gasteiger partial charge >= 0.3 is 0 Å². The quantitative estimate of drug-likeness (QED) is 0.883. The topological polar surface area (TPSA) is 74.7 Å². The van der Waals surface area contributed by atoms with Gasteiger partial charge in [-0.1, -0.05) is 17.3 Å². The molecule has 0 spiro atoms. The Morgan fingerprint density at radius 2 is 2.06 bits per heavy atom. The second kappa shape index (κ2) is 4.59. The highest BCUT2D eigenvalue weighted by molar-refractivity contribution is 5.37. The Morgan fingerprint density at radius 3 is 2.61 bits per heavy atom. The lowest BCUT2D eigenvalue weighted by atomic mass is 9.92. The Balaban J connectivity index is 2.44. The SMILES string of the molecule is CCn1nncc1C(C)(O)c1ccc(C#N)cc1. The average molecular weight is 242 g/mol. The summed E-state index contributed by atoms with van der Waals surface area (Å²) >= 11 is 0. The van der Waals surface area contributed by atoms with Gasteiger partial charge in [-0.05, 0) is 31.5 Å². The van der Waals surface area contributed by atoms with Crippen LogP contribution in [-0.4, -0.2) is 20.1 Å². The van der Waals surface area contributed by atoms with E-state index >= 15 is 0 Å². The molecule has 1 unspecified atom stereocenters. The van der Waals surface area contributed by atoms with E-state index < -0.39 is 5.60 Å². The van der Waals surface area contributed by atoms with Crippen molar-refractivity contribution in [3.05, 3.63) is 47.3 Å². The molecule has 0 aliphatic rings. The maximum atomic E-state index is 10.6. The first kappa shape index (κ1) is 12.3. The molecule has 0 aliphatic carbocycles. The molecule has 1 aromatic heterocycles. The smallest absolute Gasteiger partial charge is 0.130 e. The number of aliphatic hydroxyl groups is 1. The fourth-order valence-electron chi connectivity index (χ4n) is 1.89. The predicted octanol–water partition coefficient (Wildman–Crippen LogP) is 1.43. The van der Waals surface area contributed by atoms with E-state index in [9.17, 15) is 5.11 Å². The first-order valence-electron chi connectivity index (χ1n) is 5.71. The van der Waals surface area contributed by atoms with E-state index in [0.717, 1.165) is 0 Å². The van der Waals surface area contributed by atoms with Gasteiger partial charge in [0.15, 0.2) is 0 Å². The van der Waals surface area contributed by atoms with E-state index in [1.54, 1.807) is 42.1 Å². The van der Waals surface area contributed by atoms with Gasteiger partial charge in [0, 0.05) is 6.54 Å². The first-order valence-corrected chi connectivity index (χ1v) is 5.71. The van der Waals surface area contributed by atoms with Gasteiger partial charge in [0.05, 0.1) is 23.5 Å². The zero-order valence-electron chi connectivity index (χ0n) is 10.3. The number of hydrogen-bond donors (Lipinski definition) is 1. The molecule has 5 nitrogen and oxygen atoms in total. The number of benzene rings is 1. The summed E-state index contributed by atoms with van der Waals surface area (Å²) in [5, 5.41) is 27.1. The normalized spacial score (nSPS) is 13.9. The minimum absolute atomic E-state index is 0.566. The summed E-state index contributed by atoms with van der Waals surface area (Å²) in [5.74, 6) is 0. The summed E-state index contributed by atoms with van der Waals surface area (Å²) in [6.07, 6.45) is 1.56. The molecule has 0 fully saturated rings. The maximum absolute atomic E-state index is 10.6. The van der Waals surface area contributed by atoms with E-state index in [0.29, 0.717) is 23.4 Å². The highest BCUT2D eigenvalue weighted by Crippen LogP contribution is 2.28. The van der Waals surface area contributed by atoms with Crippen molar-refractivity contribution < 1.29 is 5.11 Å². The van der Waals surface area contributed by atoms with E-state index in [4.69, 9.17) is 5.26 Å². The predicted molar refractivity (Wildman–Crippen MR) is 65.5 cm³/mol. The summed E-state index contributed by atoms with van der Waals surface area (Å²) in [6, 6.07) is 8.90.